The van der Waals surface area contributed by atoms with Crippen LogP contribution in [0.25, 0.3) is 0 Å². The topological polar surface area (TPSA) is 46.5 Å². The molecule has 1 fully saturated rings. The first-order valence-corrected chi connectivity index (χ1v) is 6.53. The monoisotopic (exact) mass is 248 g/mol. The highest BCUT2D eigenvalue weighted by Gasteiger charge is 2.29. The quantitative estimate of drug-likeness (QED) is 0.833. The Bertz CT molecular complexity index is 397. The normalized spacial score (nSPS) is 22.9. The van der Waals surface area contributed by atoms with E-state index in [-0.39, 0.29) is 5.97 Å². The minimum Gasteiger partial charge on any atom is -0.508 e. The van der Waals surface area contributed by atoms with Crippen molar-refractivity contribution in [3.63, 3.8) is 0 Å². The van der Waals surface area contributed by atoms with Gasteiger partial charge >= 0.3 is 5.97 Å². The average Bonchev–Trinajstić information content (AvgIpc) is 2.79. The molecule has 3 nitrogen and oxygen atoms in total. The molecular weight excluding hydrogens is 228 g/mol. The first kappa shape index (κ1) is 12.9. The molecule has 1 aromatic carbocycles. The molecule has 0 spiro atoms. The lowest BCUT2D eigenvalue weighted by Crippen LogP contribution is -2.16. The Kier molecular flexibility index (Phi) is 4.24. The van der Waals surface area contributed by atoms with Crippen molar-refractivity contribution in [2.75, 3.05) is 7.11 Å². The van der Waals surface area contributed by atoms with E-state index in [1.165, 1.54) is 25.5 Å². The van der Waals surface area contributed by atoms with Gasteiger partial charge in [-0.15, -0.1) is 0 Å². The number of carbonyl (C=O) groups is 1. The van der Waals surface area contributed by atoms with Crippen molar-refractivity contribution in [2.24, 2.45) is 11.8 Å². The van der Waals surface area contributed by atoms with Crippen LogP contribution < -0.4 is 0 Å². The summed E-state index contributed by atoms with van der Waals surface area (Å²) >= 11 is 0. The fraction of sp³-hybridized carbons (Fsp3) is 0.533. The molecule has 2 atom stereocenters. The molecule has 0 radical (unpaired) electrons. The number of methoxy groups -OCH3 is 1. The maximum atomic E-state index is 11.4. The third kappa shape index (κ3) is 3.25. The van der Waals surface area contributed by atoms with E-state index in [2.05, 4.69) is 0 Å². The van der Waals surface area contributed by atoms with Gasteiger partial charge in [0.15, 0.2) is 0 Å². The second-order valence-corrected chi connectivity index (χ2v) is 5.10. The summed E-state index contributed by atoms with van der Waals surface area (Å²) in [5.74, 6) is 1.22. The summed E-state index contributed by atoms with van der Waals surface area (Å²) in [4.78, 5) is 11.4. The molecule has 18 heavy (non-hydrogen) atoms. The summed E-state index contributed by atoms with van der Waals surface area (Å²) in [5, 5.41) is 9.26. The van der Waals surface area contributed by atoms with Crippen LogP contribution in [-0.2, 0) is 16.0 Å². The van der Waals surface area contributed by atoms with Crippen LogP contribution in [0.3, 0.4) is 0 Å². The van der Waals surface area contributed by atoms with Crippen molar-refractivity contribution in [1.82, 2.24) is 0 Å². The number of phenolic OH excluding ortho intramolecular Hbond substituents is 1. The summed E-state index contributed by atoms with van der Waals surface area (Å²) in [6.45, 7) is 0. The predicted octanol–water partition coefficient (Wildman–Crippen LogP) is 2.91. The van der Waals surface area contributed by atoms with Crippen LogP contribution in [-0.4, -0.2) is 18.2 Å². The third-order valence-electron chi connectivity index (χ3n) is 3.91. The molecule has 0 aromatic heterocycles. The average molecular weight is 248 g/mol. The number of hydrogen-bond donors (Lipinski definition) is 1. The summed E-state index contributed by atoms with van der Waals surface area (Å²) < 4.78 is 4.75. The molecule has 0 saturated heterocycles. The van der Waals surface area contributed by atoms with Crippen molar-refractivity contribution < 1.29 is 14.6 Å². The Morgan fingerprint density at radius 1 is 1.28 bits per heavy atom. The number of hydrogen-bond acceptors (Lipinski definition) is 3. The number of ether oxygens (including phenoxy) is 1. The lowest BCUT2D eigenvalue weighted by atomic mass is 9.87. The zero-order chi connectivity index (χ0) is 13.0. The molecular formula is C15H20O3. The molecule has 1 aliphatic carbocycles. The molecule has 1 N–H and O–H groups in total. The molecule has 0 heterocycles. The first-order valence-electron chi connectivity index (χ1n) is 6.53. The van der Waals surface area contributed by atoms with E-state index in [4.69, 9.17) is 4.74 Å². The van der Waals surface area contributed by atoms with Gasteiger partial charge in [-0.25, -0.2) is 0 Å². The van der Waals surface area contributed by atoms with Gasteiger partial charge in [0.2, 0.25) is 0 Å². The lowest BCUT2D eigenvalue weighted by molar-refractivity contribution is -0.142. The molecule has 0 bridgehead atoms. The summed E-state index contributed by atoms with van der Waals surface area (Å²) in [5.41, 5.74) is 1.23. The van der Waals surface area contributed by atoms with Gasteiger partial charge in [0.25, 0.3) is 0 Å². The molecule has 2 rings (SSSR count). The largest absolute Gasteiger partial charge is 0.508 e. The van der Waals surface area contributed by atoms with E-state index >= 15 is 0 Å². The maximum Gasteiger partial charge on any atom is 0.305 e. The van der Waals surface area contributed by atoms with Crippen LogP contribution in [0, 0.1) is 11.8 Å². The van der Waals surface area contributed by atoms with Crippen molar-refractivity contribution in [1.29, 1.82) is 0 Å². The fourth-order valence-corrected chi connectivity index (χ4v) is 2.88. The van der Waals surface area contributed by atoms with E-state index < -0.39 is 0 Å². The SMILES string of the molecule is COC(=O)CC1CCCC1Cc1ccc(O)cc1. The molecule has 98 valence electrons. The van der Waals surface area contributed by atoms with Gasteiger partial charge in [-0.2, -0.15) is 0 Å². The van der Waals surface area contributed by atoms with Crippen molar-refractivity contribution in [3.05, 3.63) is 29.8 Å². The number of aromatic hydroxyl groups is 1. The van der Waals surface area contributed by atoms with Gasteiger partial charge < -0.3 is 9.84 Å². The number of phenols is 1. The Hall–Kier alpha value is -1.51. The molecule has 2 unspecified atom stereocenters. The van der Waals surface area contributed by atoms with Crippen molar-refractivity contribution >= 4 is 5.97 Å². The molecule has 1 aliphatic rings. The third-order valence-corrected chi connectivity index (χ3v) is 3.91. The molecule has 1 saturated carbocycles. The van der Waals surface area contributed by atoms with E-state index in [0.717, 1.165) is 12.8 Å². The number of carbonyl (C=O) groups excluding carboxylic acids is 1. The van der Waals surface area contributed by atoms with Crippen LogP contribution in [0.1, 0.15) is 31.2 Å². The zero-order valence-corrected chi connectivity index (χ0v) is 10.8. The van der Waals surface area contributed by atoms with Crippen LogP contribution in [0.15, 0.2) is 24.3 Å². The smallest absolute Gasteiger partial charge is 0.305 e. The number of rotatable bonds is 4. The Morgan fingerprint density at radius 2 is 1.94 bits per heavy atom. The Morgan fingerprint density at radius 3 is 2.61 bits per heavy atom. The molecule has 1 aromatic rings. The van der Waals surface area contributed by atoms with E-state index in [1.54, 1.807) is 12.1 Å². The molecule has 0 aliphatic heterocycles. The van der Waals surface area contributed by atoms with Crippen LogP contribution in [0.4, 0.5) is 0 Å². The summed E-state index contributed by atoms with van der Waals surface area (Å²) in [6.07, 6.45) is 5.03. The minimum atomic E-state index is -0.0994. The Labute approximate surface area is 108 Å². The van der Waals surface area contributed by atoms with Crippen LogP contribution in [0.5, 0.6) is 5.75 Å². The van der Waals surface area contributed by atoms with Crippen LogP contribution in [0.2, 0.25) is 0 Å². The highest BCUT2D eigenvalue weighted by Crippen LogP contribution is 2.36. The van der Waals surface area contributed by atoms with Gasteiger partial charge in [0.1, 0.15) is 5.75 Å². The van der Waals surface area contributed by atoms with Crippen molar-refractivity contribution in [2.45, 2.75) is 32.1 Å². The van der Waals surface area contributed by atoms with Gasteiger partial charge in [0, 0.05) is 6.42 Å². The predicted molar refractivity (Wildman–Crippen MR) is 69.3 cm³/mol. The minimum absolute atomic E-state index is 0.0994. The van der Waals surface area contributed by atoms with E-state index in [9.17, 15) is 9.90 Å². The van der Waals surface area contributed by atoms with E-state index in [1.807, 2.05) is 12.1 Å². The second-order valence-electron chi connectivity index (χ2n) is 5.10. The summed E-state index contributed by atoms with van der Waals surface area (Å²) in [7, 11) is 1.45. The van der Waals surface area contributed by atoms with E-state index in [0.29, 0.717) is 24.0 Å². The summed E-state index contributed by atoms with van der Waals surface area (Å²) in [6, 6.07) is 7.37. The zero-order valence-electron chi connectivity index (χ0n) is 10.8. The fourth-order valence-electron chi connectivity index (χ4n) is 2.88. The second kappa shape index (κ2) is 5.89. The molecule has 0 amide bonds. The highest BCUT2D eigenvalue weighted by atomic mass is 16.5. The van der Waals surface area contributed by atoms with Gasteiger partial charge in [0.05, 0.1) is 7.11 Å². The standard InChI is InChI=1S/C15H20O3/c1-18-15(17)10-13-4-2-3-12(13)9-11-5-7-14(16)8-6-11/h5-8,12-13,16H,2-4,9-10H2,1H3. The Balaban J connectivity index is 1.95. The van der Waals surface area contributed by atoms with Crippen LogP contribution >= 0.6 is 0 Å². The lowest BCUT2D eigenvalue weighted by Gasteiger charge is -2.18. The van der Waals surface area contributed by atoms with Gasteiger partial charge in [-0.05, 0) is 48.8 Å². The maximum absolute atomic E-state index is 11.4. The number of esters is 1. The van der Waals surface area contributed by atoms with Gasteiger partial charge in [-0.1, -0.05) is 18.6 Å². The van der Waals surface area contributed by atoms with Crippen molar-refractivity contribution in [3.8, 4) is 5.75 Å². The highest BCUT2D eigenvalue weighted by molar-refractivity contribution is 5.69. The number of benzene rings is 1. The molecule has 3 heteroatoms. The van der Waals surface area contributed by atoms with Gasteiger partial charge in [-0.3, -0.25) is 4.79 Å². The first-order chi connectivity index (χ1) is 8.69.